The summed E-state index contributed by atoms with van der Waals surface area (Å²) in [6.45, 7) is 0. The Morgan fingerprint density at radius 2 is 1.90 bits per heavy atom. The van der Waals surface area contributed by atoms with E-state index in [0.717, 1.165) is 0 Å². The van der Waals surface area contributed by atoms with Gasteiger partial charge in [0.15, 0.2) is 0 Å². The minimum Gasteiger partial charge on any atom is -0.507 e. The number of carbonyl (C=O) groups excluding carboxylic acids is 1. The molecule has 21 heavy (non-hydrogen) atoms. The molecule has 0 spiro atoms. The number of hydrogen-bond acceptors (Lipinski definition) is 3. The molecule has 0 aromatic heterocycles. The van der Waals surface area contributed by atoms with E-state index in [1.54, 1.807) is 18.2 Å². The maximum absolute atomic E-state index is 12.1. The lowest BCUT2D eigenvalue weighted by Crippen LogP contribution is -2.13. The van der Waals surface area contributed by atoms with E-state index in [2.05, 4.69) is 5.32 Å². The molecular formula is C14H10Cl2N2O2S. The summed E-state index contributed by atoms with van der Waals surface area (Å²) in [6.07, 6.45) is 0. The number of thiocarbonyl (C=S) groups is 1. The average molecular weight is 341 g/mol. The van der Waals surface area contributed by atoms with Gasteiger partial charge in [-0.2, -0.15) is 0 Å². The molecule has 4 N–H and O–H groups in total. The highest BCUT2D eigenvalue weighted by Gasteiger charge is 2.13. The van der Waals surface area contributed by atoms with Gasteiger partial charge in [0, 0.05) is 10.6 Å². The molecule has 0 heterocycles. The lowest BCUT2D eigenvalue weighted by molar-refractivity contribution is 0.102. The topological polar surface area (TPSA) is 75.3 Å². The standard InChI is InChI=1S/C14H10Cl2N2O2S/c15-8-2-3-9(12(19)6-8)14(20)18-11-4-1-7(13(17)21)5-10(11)16/h1-6,19H,(H2,17,21)(H,18,20). The SMILES string of the molecule is NC(=S)c1ccc(NC(=O)c2ccc(Cl)cc2O)c(Cl)c1. The van der Waals surface area contributed by atoms with Gasteiger partial charge >= 0.3 is 0 Å². The second-order valence-electron chi connectivity index (χ2n) is 4.17. The first-order valence-corrected chi connectivity index (χ1v) is 6.94. The minimum atomic E-state index is -0.505. The highest BCUT2D eigenvalue weighted by molar-refractivity contribution is 7.80. The van der Waals surface area contributed by atoms with Gasteiger partial charge in [0.1, 0.15) is 10.7 Å². The van der Waals surface area contributed by atoms with Crippen molar-refractivity contribution in [1.82, 2.24) is 0 Å². The summed E-state index contributed by atoms with van der Waals surface area (Å²) < 4.78 is 0. The monoisotopic (exact) mass is 340 g/mol. The summed E-state index contributed by atoms with van der Waals surface area (Å²) >= 11 is 16.6. The fraction of sp³-hybridized carbons (Fsp3) is 0. The van der Waals surface area contributed by atoms with Crippen LogP contribution in [0.1, 0.15) is 15.9 Å². The summed E-state index contributed by atoms with van der Waals surface area (Å²) in [4.78, 5) is 12.3. The third-order valence-corrected chi connectivity index (χ3v) is 3.49. The summed E-state index contributed by atoms with van der Waals surface area (Å²) in [7, 11) is 0. The Morgan fingerprint density at radius 1 is 1.19 bits per heavy atom. The highest BCUT2D eigenvalue weighted by Crippen LogP contribution is 2.26. The van der Waals surface area contributed by atoms with Crippen molar-refractivity contribution in [2.45, 2.75) is 0 Å². The van der Waals surface area contributed by atoms with E-state index in [1.807, 2.05) is 0 Å². The van der Waals surface area contributed by atoms with Crippen LogP contribution in [-0.2, 0) is 0 Å². The smallest absolute Gasteiger partial charge is 0.259 e. The van der Waals surface area contributed by atoms with Gasteiger partial charge in [-0.3, -0.25) is 4.79 Å². The van der Waals surface area contributed by atoms with Gasteiger partial charge in [0.25, 0.3) is 5.91 Å². The van der Waals surface area contributed by atoms with E-state index in [0.29, 0.717) is 21.3 Å². The molecule has 0 radical (unpaired) electrons. The largest absolute Gasteiger partial charge is 0.507 e. The van der Waals surface area contributed by atoms with Crippen molar-refractivity contribution in [2.75, 3.05) is 5.32 Å². The number of benzene rings is 2. The van der Waals surface area contributed by atoms with Crippen LogP contribution in [-0.4, -0.2) is 16.0 Å². The van der Waals surface area contributed by atoms with Gasteiger partial charge in [0.05, 0.1) is 16.3 Å². The maximum atomic E-state index is 12.1. The number of anilines is 1. The van der Waals surface area contributed by atoms with Gasteiger partial charge in [-0.1, -0.05) is 35.4 Å². The van der Waals surface area contributed by atoms with Crippen LogP contribution < -0.4 is 11.1 Å². The first-order valence-electron chi connectivity index (χ1n) is 5.77. The molecule has 2 aromatic rings. The number of halogens is 2. The number of nitrogens with two attached hydrogens (primary N) is 1. The number of nitrogens with one attached hydrogen (secondary N) is 1. The van der Waals surface area contributed by atoms with E-state index < -0.39 is 5.91 Å². The number of aromatic hydroxyl groups is 1. The molecule has 0 aliphatic rings. The Kier molecular flexibility index (Phi) is 4.67. The molecular weight excluding hydrogens is 331 g/mol. The fourth-order valence-corrected chi connectivity index (χ4v) is 2.18. The van der Waals surface area contributed by atoms with E-state index in [1.165, 1.54) is 18.2 Å². The Labute approximate surface area is 136 Å². The number of rotatable bonds is 3. The van der Waals surface area contributed by atoms with E-state index in [-0.39, 0.29) is 16.3 Å². The van der Waals surface area contributed by atoms with E-state index >= 15 is 0 Å². The van der Waals surface area contributed by atoms with Crippen molar-refractivity contribution in [2.24, 2.45) is 5.73 Å². The van der Waals surface area contributed by atoms with Crippen molar-refractivity contribution in [3.8, 4) is 5.75 Å². The number of amides is 1. The summed E-state index contributed by atoms with van der Waals surface area (Å²) in [5.41, 5.74) is 6.58. The Morgan fingerprint density at radius 3 is 2.48 bits per heavy atom. The van der Waals surface area contributed by atoms with Crippen LogP contribution in [0.25, 0.3) is 0 Å². The molecule has 0 fully saturated rings. The number of carbonyl (C=O) groups is 1. The summed E-state index contributed by atoms with van der Waals surface area (Å²) in [6, 6.07) is 9.00. The van der Waals surface area contributed by atoms with Gasteiger partial charge in [-0.15, -0.1) is 0 Å². The molecule has 2 rings (SSSR count). The van der Waals surface area contributed by atoms with Crippen LogP contribution in [0.2, 0.25) is 10.0 Å². The van der Waals surface area contributed by atoms with Crippen molar-refractivity contribution in [3.63, 3.8) is 0 Å². The molecule has 2 aromatic carbocycles. The molecule has 0 saturated heterocycles. The van der Waals surface area contributed by atoms with Gasteiger partial charge in [-0.25, -0.2) is 0 Å². The third kappa shape index (κ3) is 3.64. The van der Waals surface area contributed by atoms with Crippen LogP contribution >= 0.6 is 35.4 Å². The van der Waals surface area contributed by atoms with Crippen molar-refractivity contribution in [3.05, 3.63) is 57.6 Å². The molecule has 1 amide bonds. The molecule has 0 aliphatic heterocycles. The zero-order valence-electron chi connectivity index (χ0n) is 10.6. The normalized spacial score (nSPS) is 10.2. The predicted octanol–water partition coefficient (Wildman–Crippen LogP) is 3.59. The quantitative estimate of drug-likeness (QED) is 0.746. The molecule has 0 aliphatic carbocycles. The average Bonchev–Trinajstić information content (AvgIpc) is 2.40. The predicted molar refractivity (Wildman–Crippen MR) is 88.4 cm³/mol. The lowest BCUT2D eigenvalue weighted by Gasteiger charge is -2.10. The van der Waals surface area contributed by atoms with Crippen LogP contribution in [0.4, 0.5) is 5.69 Å². The Balaban J connectivity index is 2.25. The Bertz CT molecular complexity index is 735. The second-order valence-corrected chi connectivity index (χ2v) is 5.46. The molecule has 0 bridgehead atoms. The minimum absolute atomic E-state index is 0.0916. The van der Waals surface area contributed by atoms with E-state index in [4.69, 9.17) is 41.2 Å². The number of phenols is 1. The van der Waals surface area contributed by atoms with Gasteiger partial charge in [0.2, 0.25) is 0 Å². The number of phenolic OH excluding ortho intramolecular Hbond substituents is 1. The lowest BCUT2D eigenvalue weighted by atomic mass is 10.1. The number of hydrogen-bond donors (Lipinski definition) is 3. The van der Waals surface area contributed by atoms with Crippen LogP contribution in [0.3, 0.4) is 0 Å². The molecule has 0 saturated carbocycles. The third-order valence-electron chi connectivity index (χ3n) is 2.71. The Hall–Kier alpha value is -1.82. The van der Waals surface area contributed by atoms with Crippen molar-refractivity contribution >= 4 is 52.0 Å². The van der Waals surface area contributed by atoms with Crippen LogP contribution in [0, 0.1) is 0 Å². The first-order chi connectivity index (χ1) is 9.88. The molecule has 4 nitrogen and oxygen atoms in total. The zero-order chi connectivity index (χ0) is 15.6. The first kappa shape index (κ1) is 15.6. The van der Waals surface area contributed by atoms with Crippen molar-refractivity contribution in [1.29, 1.82) is 0 Å². The molecule has 108 valence electrons. The van der Waals surface area contributed by atoms with Crippen LogP contribution in [0.15, 0.2) is 36.4 Å². The van der Waals surface area contributed by atoms with Crippen molar-refractivity contribution < 1.29 is 9.90 Å². The summed E-state index contributed by atoms with van der Waals surface area (Å²) in [5, 5.41) is 12.9. The second kappa shape index (κ2) is 6.30. The summed E-state index contributed by atoms with van der Waals surface area (Å²) in [5.74, 6) is -0.718. The fourth-order valence-electron chi connectivity index (χ4n) is 1.66. The maximum Gasteiger partial charge on any atom is 0.259 e. The molecule has 0 atom stereocenters. The van der Waals surface area contributed by atoms with Gasteiger partial charge in [-0.05, 0) is 36.4 Å². The van der Waals surface area contributed by atoms with E-state index in [9.17, 15) is 9.90 Å². The van der Waals surface area contributed by atoms with Gasteiger partial charge < -0.3 is 16.2 Å². The molecule has 0 unspecified atom stereocenters. The zero-order valence-corrected chi connectivity index (χ0v) is 12.9. The molecule has 7 heteroatoms. The van der Waals surface area contributed by atoms with Crippen LogP contribution in [0.5, 0.6) is 5.75 Å². The highest BCUT2D eigenvalue weighted by atomic mass is 35.5.